The smallest absolute Gasteiger partial charge is 0.188 e. The highest BCUT2D eigenvalue weighted by molar-refractivity contribution is 9.10. The second-order valence-electron chi connectivity index (χ2n) is 3.41. The van der Waals surface area contributed by atoms with Gasteiger partial charge in [0.05, 0.1) is 12.1 Å². The molecule has 0 spiro atoms. The first-order valence-corrected chi connectivity index (χ1v) is 5.58. The number of nitrogens with zero attached hydrogens (tertiary/aromatic N) is 3. The summed E-state index contributed by atoms with van der Waals surface area (Å²) in [5.41, 5.74) is 1.21. The van der Waals surface area contributed by atoms with Gasteiger partial charge in [-0.1, -0.05) is 0 Å². The molecule has 16 heavy (non-hydrogen) atoms. The van der Waals surface area contributed by atoms with Gasteiger partial charge in [-0.15, -0.1) is 0 Å². The van der Waals surface area contributed by atoms with E-state index in [0.29, 0.717) is 5.69 Å². The van der Waals surface area contributed by atoms with Gasteiger partial charge in [0, 0.05) is 23.9 Å². The van der Waals surface area contributed by atoms with E-state index in [0.717, 1.165) is 10.2 Å². The van der Waals surface area contributed by atoms with Crippen LogP contribution in [0.2, 0.25) is 0 Å². The summed E-state index contributed by atoms with van der Waals surface area (Å²) in [6.07, 6.45) is 3.70. The molecule has 0 aliphatic rings. The van der Waals surface area contributed by atoms with Gasteiger partial charge in [-0.25, -0.2) is 0 Å². The minimum absolute atomic E-state index is 0.0359. The summed E-state index contributed by atoms with van der Waals surface area (Å²) >= 11 is 3.31. The molecule has 0 aliphatic heterocycles. The van der Waals surface area contributed by atoms with Crippen molar-refractivity contribution in [2.75, 3.05) is 0 Å². The van der Waals surface area contributed by atoms with E-state index in [1.807, 2.05) is 19.3 Å². The monoisotopic (exact) mass is 279 g/mol. The molecule has 0 saturated carbocycles. The van der Waals surface area contributed by atoms with Gasteiger partial charge < -0.3 is 0 Å². The van der Waals surface area contributed by atoms with E-state index in [-0.39, 0.29) is 12.2 Å². The molecule has 0 atom stereocenters. The SMILES string of the molecule is Cn1ccc(CC(=O)c2ncccc2Br)n1. The molecule has 0 saturated heterocycles. The van der Waals surface area contributed by atoms with Gasteiger partial charge in [-0.3, -0.25) is 14.5 Å². The van der Waals surface area contributed by atoms with E-state index in [2.05, 4.69) is 26.0 Å². The van der Waals surface area contributed by atoms with Crippen LogP contribution in [0.1, 0.15) is 16.2 Å². The lowest BCUT2D eigenvalue weighted by Crippen LogP contribution is -2.07. The number of ketones is 1. The Bertz CT molecular complexity index is 521. The highest BCUT2D eigenvalue weighted by Gasteiger charge is 2.12. The van der Waals surface area contributed by atoms with E-state index in [1.165, 1.54) is 0 Å². The van der Waals surface area contributed by atoms with Crippen molar-refractivity contribution in [2.45, 2.75) is 6.42 Å². The first kappa shape index (κ1) is 11.0. The lowest BCUT2D eigenvalue weighted by Gasteiger charge is -2.00. The van der Waals surface area contributed by atoms with Crippen LogP contribution in [0.5, 0.6) is 0 Å². The third kappa shape index (κ3) is 2.36. The van der Waals surface area contributed by atoms with Gasteiger partial charge in [0.1, 0.15) is 5.69 Å². The normalized spacial score (nSPS) is 10.4. The van der Waals surface area contributed by atoms with Crippen molar-refractivity contribution in [3.8, 4) is 0 Å². The fraction of sp³-hybridized carbons (Fsp3) is 0.182. The maximum atomic E-state index is 11.9. The molecule has 0 N–H and O–H groups in total. The number of aryl methyl sites for hydroxylation is 1. The zero-order chi connectivity index (χ0) is 11.5. The van der Waals surface area contributed by atoms with Crippen LogP contribution in [-0.4, -0.2) is 20.5 Å². The molecule has 0 fully saturated rings. The summed E-state index contributed by atoms with van der Waals surface area (Å²) in [7, 11) is 1.82. The average Bonchev–Trinajstić information content (AvgIpc) is 2.64. The second-order valence-corrected chi connectivity index (χ2v) is 4.27. The molecule has 0 radical (unpaired) electrons. The highest BCUT2D eigenvalue weighted by atomic mass is 79.9. The molecule has 2 aromatic heterocycles. The van der Waals surface area contributed by atoms with Gasteiger partial charge in [-0.05, 0) is 34.1 Å². The van der Waals surface area contributed by atoms with Gasteiger partial charge in [-0.2, -0.15) is 5.10 Å². The Kier molecular flexibility index (Phi) is 3.14. The number of carbonyl (C=O) groups excluding carboxylic acids is 1. The van der Waals surface area contributed by atoms with E-state index in [9.17, 15) is 4.79 Å². The summed E-state index contributed by atoms with van der Waals surface area (Å²) in [6.45, 7) is 0. The van der Waals surface area contributed by atoms with Crippen molar-refractivity contribution < 1.29 is 4.79 Å². The summed E-state index contributed by atoms with van der Waals surface area (Å²) in [5.74, 6) is -0.0359. The van der Waals surface area contributed by atoms with E-state index < -0.39 is 0 Å². The zero-order valence-corrected chi connectivity index (χ0v) is 10.3. The van der Waals surface area contributed by atoms with Crippen molar-refractivity contribution in [3.05, 3.63) is 46.5 Å². The number of Topliss-reactive ketones (excluding diaryl/α,β-unsaturated/α-hetero) is 1. The molecule has 5 heteroatoms. The van der Waals surface area contributed by atoms with Crippen molar-refractivity contribution in [1.82, 2.24) is 14.8 Å². The first-order valence-electron chi connectivity index (χ1n) is 4.79. The van der Waals surface area contributed by atoms with Crippen LogP contribution in [0.4, 0.5) is 0 Å². The lowest BCUT2D eigenvalue weighted by atomic mass is 10.1. The van der Waals surface area contributed by atoms with E-state index in [4.69, 9.17) is 0 Å². The maximum Gasteiger partial charge on any atom is 0.188 e. The van der Waals surface area contributed by atoms with Crippen LogP contribution in [0, 0.1) is 0 Å². The summed E-state index contributed by atoms with van der Waals surface area (Å²) < 4.78 is 2.40. The number of hydrogen-bond acceptors (Lipinski definition) is 3. The predicted molar refractivity (Wildman–Crippen MR) is 63.2 cm³/mol. The Morgan fingerprint density at radius 3 is 2.94 bits per heavy atom. The molecule has 2 rings (SSSR count). The minimum atomic E-state index is -0.0359. The molecule has 2 heterocycles. The summed E-state index contributed by atoms with van der Waals surface area (Å²) in [6, 6.07) is 5.41. The Morgan fingerprint density at radius 2 is 2.31 bits per heavy atom. The third-order valence-corrected chi connectivity index (χ3v) is 2.77. The predicted octanol–water partition coefficient (Wildman–Crippen LogP) is 2.00. The standard InChI is InChI=1S/C11H10BrN3O/c1-15-6-4-8(14-15)7-10(16)11-9(12)3-2-5-13-11/h2-6H,7H2,1H3. The van der Waals surface area contributed by atoms with Crippen LogP contribution in [0.3, 0.4) is 0 Å². The number of aromatic nitrogens is 3. The van der Waals surface area contributed by atoms with Crippen LogP contribution in [0.25, 0.3) is 0 Å². The number of rotatable bonds is 3. The number of hydrogen-bond donors (Lipinski definition) is 0. The lowest BCUT2D eigenvalue weighted by molar-refractivity contribution is 0.0986. The number of carbonyl (C=O) groups is 1. The molecule has 82 valence electrons. The van der Waals surface area contributed by atoms with Crippen LogP contribution >= 0.6 is 15.9 Å². The maximum absolute atomic E-state index is 11.9. The molecular formula is C11H10BrN3O. The molecule has 0 aromatic carbocycles. The minimum Gasteiger partial charge on any atom is -0.292 e. The van der Waals surface area contributed by atoms with Gasteiger partial charge >= 0.3 is 0 Å². The number of pyridine rings is 1. The summed E-state index contributed by atoms with van der Waals surface area (Å²) in [4.78, 5) is 16.0. The van der Waals surface area contributed by atoms with Crippen molar-refractivity contribution in [3.63, 3.8) is 0 Å². The summed E-state index contributed by atoms with van der Waals surface area (Å²) in [5, 5.41) is 4.16. The quantitative estimate of drug-likeness (QED) is 0.808. The van der Waals surface area contributed by atoms with Crippen molar-refractivity contribution >= 4 is 21.7 Å². The van der Waals surface area contributed by atoms with Gasteiger partial charge in [0.2, 0.25) is 0 Å². The van der Waals surface area contributed by atoms with E-state index >= 15 is 0 Å². The Balaban J connectivity index is 2.18. The van der Waals surface area contributed by atoms with E-state index in [1.54, 1.807) is 23.0 Å². The Morgan fingerprint density at radius 1 is 1.50 bits per heavy atom. The Hall–Kier alpha value is -1.49. The number of halogens is 1. The highest BCUT2D eigenvalue weighted by Crippen LogP contribution is 2.15. The molecular weight excluding hydrogens is 270 g/mol. The van der Waals surface area contributed by atoms with Crippen LogP contribution < -0.4 is 0 Å². The van der Waals surface area contributed by atoms with Crippen LogP contribution in [0.15, 0.2) is 35.1 Å². The largest absolute Gasteiger partial charge is 0.292 e. The topological polar surface area (TPSA) is 47.8 Å². The van der Waals surface area contributed by atoms with Crippen LogP contribution in [-0.2, 0) is 13.5 Å². The fourth-order valence-corrected chi connectivity index (χ4v) is 1.87. The van der Waals surface area contributed by atoms with Gasteiger partial charge in [0.25, 0.3) is 0 Å². The third-order valence-electron chi connectivity index (χ3n) is 2.13. The molecule has 0 amide bonds. The molecule has 2 aromatic rings. The molecule has 0 bridgehead atoms. The van der Waals surface area contributed by atoms with Gasteiger partial charge in [0.15, 0.2) is 5.78 Å². The molecule has 0 aliphatic carbocycles. The second kappa shape index (κ2) is 4.57. The van der Waals surface area contributed by atoms with Crippen molar-refractivity contribution in [2.24, 2.45) is 7.05 Å². The van der Waals surface area contributed by atoms with Crippen molar-refractivity contribution in [1.29, 1.82) is 0 Å². The fourth-order valence-electron chi connectivity index (χ4n) is 1.40. The molecule has 4 nitrogen and oxygen atoms in total. The Labute approximate surface area is 101 Å². The average molecular weight is 280 g/mol. The first-order chi connectivity index (χ1) is 7.66. The zero-order valence-electron chi connectivity index (χ0n) is 8.72. The molecule has 0 unspecified atom stereocenters.